The van der Waals surface area contributed by atoms with Crippen LogP contribution in [0.2, 0.25) is 0 Å². The van der Waals surface area contributed by atoms with Crippen molar-refractivity contribution in [2.24, 2.45) is 0 Å². The summed E-state index contributed by atoms with van der Waals surface area (Å²) in [6, 6.07) is 10.5. The molecular weight excluding hydrogens is 372 g/mol. The molecule has 0 unspecified atom stereocenters. The Balaban J connectivity index is 1.37. The highest BCUT2D eigenvalue weighted by atomic mass is 16.5. The van der Waals surface area contributed by atoms with Crippen molar-refractivity contribution in [2.75, 3.05) is 0 Å². The van der Waals surface area contributed by atoms with Crippen LogP contribution in [0.5, 0.6) is 5.88 Å². The number of hydrogen-bond donors (Lipinski definition) is 1. The molecule has 0 atom stereocenters. The van der Waals surface area contributed by atoms with E-state index in [1.165, 1.54) is 12.4 Å². The van der Waals surface area contributed by atoms with Gasteiger partial charge in [-0.05, 0) is 37.8 Å². The van der Waals surface area contributed by atoms with Crippen LogP contribution in [0.1, 0.15) is 41.7 Å². The van der Waals surface area contributed by atoms with E-state index in [1.807, 2.05) is 12.1 Å². The molecule has 0 saturated heterocycles. The van der Waals surface area contributed by atoms with Crippen molar-refractivity contribution in [3.8, 4) is 11.9 Å². The van der Waals surface area contributed by atoms with Crippen molar-refractivity contribution >= 4 is 16.9 Å². The van der Waals surface area contributed by atoms with Crippen LogP contribution < -0.4 is 15.7 Å². The average molecular weight is 390 g/mol. The van der Waals surface area contributed by atoms with Crippen LogP contribution >= 0.6 is 0 Å². The number of para-hydroxylation sites is 1. The second kappa shape index (κ2) is 8.10. The molecule has 146 valence electrons. The van der Waals surface area contributed by atoms with Gasteiger partial charge in [-0.15, -0.1) is 0 Å². The van der Waals surface area contributed by atoms with Crippen LogP contribution in [0.15, 0.2) is 51.9 Å². The van der Waals surface area contributed by atoms with Crippen molar-refractivity contribution in [2.45, 2.75) is 37.8 Å². The predicted octanol–water partition coefficient (Wildman–Crippen LogP) is 2.57. The highest BCUT2D eigenvalue weighted by Crippen LogP contribution is 2.24. The van der Waals surface area contributed by atoms with Crippen molar-refractivity contribution < 1.29 is 13.9 Å². The van der Waals surface area contributed by atoms with E-state index in [-0.39, 0.29) is 29.3 Å². The number of fused-ring (bicyclic) bond motifs is 1. The summed E-state index contributed by atoms with van der Waals surface area (Å²) in [7, 11) is 0. The fourth-order valence-electron chi connectivity index (χ4n) is 3.45. The van der Waals surface area contributed by atoms with E-state index in [9.17, 15) is 9.59 Å². The normalized spacial score (nSPS) is 18.7. The Bertz CT molecular complexity index is 1140. The first-order chi connectivity index (χ1) is 14.1. The number of amides is 1. The molecular formula is C21H18N4O4. The SMILES string of the molecule is N#Cc1nccnc1OC1CCC(NC(=O)c2cc3ccccc3oc2=O)CC1. The minimum absolute atomic E-state index is 0.000274. The number of nitriles is 1. The van der Waals surface area contributed by atoms with Crippen LogP contribution in [0.4, 0.5) is 0 Å². The summed E-state index contributed by atoms with van der Waals surface area (Å²) in [5, 5.41) is 12.7. The molecule has 0 spiro atoms. The third kappa shape index (κ3) is 4.09. The van der Waals surface area contributed by atoms with E-state index in [2.05, 4.69) is 15.3 Å². The van der Waals surface area contributed by atoms with Crippen LogP contribution in [0, 0.1) is 11.3 Å². The maximum Gasteiger partial charge on any atom is 0.349 e. The largest absolute Gasteiger partial charge is 0.472 e. The number of aromatic nitrogens is 2. The van der Waals surface area contributed by atoms with Gasteiger partial charge >= 0.3 is 5.63 Å². The zero-order valence-corrected chi connectivity index (χ0v) is 15.5. The van der Waals surface area contributed by atoms with Gasteiger partial charge in [-0.3, -0.25) is 4.79 Å². The number of benzene rings is 1. The number of hydrogen-bond acceptors (Lipinski definition) is 7. The Morgan fingerprint density at radius 2 is 1.93 bits per heavy atom. The summed E-state index contributed by atoms with van der Waals surface area (Å²) in [5.41, 5.74) is -0.0383. The van der Waals surface area contributed by atoms with Gasteiger partial charge in [0.05, 0.1) is 0 Å². The molecule has 1 aliphatic rings. The molecule has 3 aromatic rings. The quantitative estimate of drug-likeness (QED) is 0.680. The van der Waals surface area contributed by atoms with Crippen molar-refractivity contribution in [3.63, 3.8) is 0 Å². The first-order valence-electron chi connectivity index (χ1n) is 9.35. The number of nitrogens with zero attached hydrogens (tertiary/aromatic N) is 3. The molecule has 1 aromatic carbocycles. The molecule has 0 aliphatic heterocycles. The van der Waals surface area contributed by atoms with Gasteiger partial charge in [-0.1, -0.05) is 18.2 Å². The fourth-order valence-corrected chi connectivity index (χ4v) is 3.45. The lowest BCUT2D eigenvalue weighted by atomic mass is 9.92. The van der Waals surface area contributed by atoms with Crippen molar-refractivity contribution in [3.05, 3.63) is 64.4 Å². The molecule has 2 heterocycles. The number of rotatable bonds is 4. The summed E-state index contributed by atoms with van der Waals surface area (Å²) in [6.45, 7) is 0. The standard InChI is InChI=1S/C21H18N4O4/c22-12-17-20(24-10-9-23-17)28-15-7-5-14(6-8-15)25-19(26)16-11-13-3-1-2-4-18(13)29-21(16)27/h1-4,9-11,14-15H,5-8H2,(H,25,26). The van der Waals surface area contributed by atoms with Crippen LogP contribution in [-0.4, -0.2) is 28.0 Å². The van der Waals surface area contributed by atoms with E-state index < -0.39 is 11.5 Å². The first-order valence-corrected chi connectivity index (χ1v) is 9.35. The Hall–Kier alpha value is -3.73. The molecule has 8 nitrogen and oxygen atoms in total. The van der Waals surface area contributed by atoms with E-state index in [0.29, 0.717) is 36.7 Å². The van der Waals surface area contributed by atoms with Crippen LogP contribution in [0.3, 0.4) is 0 Å². The van der Waals surface area contributed by atoms with Gasteiger partial charge in [-0.2, -0.15) is 5.26 Å². The zero-order valence-electron chi connectivity index (χ0n) is 15.5. The van der Waals surface area contributed by atoms with E-state index in [1.54, 1.807) is 24.3 Å². The van der Waals surface area contributed by atoms with Gasteiger partial charge in [0.25, 0.3) is 11.8 Å². The van der Waals surface area contributed by atoms with Gasteiger partial charge in [0, 0.05) is 23.8 Å². The minimum Gasteiger partial charge on any atom is -0.472 e. The van der Waals surface area contributed by atoms with Crippen LogP contribution in [0.25, 0.3) is 11.0 Å². The minimum atomic E-state index is -0.648. The topological polar surface area (TPSA) is 118 Å². The second-order valence-corrected chi connectivity index (χ2v) is 6.87. The van der Waals surface area contributed by atoms with Gasteiger partial charge in [0.15, 0.2) is 0 Å². The first kappa shape index (κ1) is 18.6. The third-order valence-electron chi connectivity index (χ3n) is 4.94. The molecule has 1 N–H and O–H groups in total. The molecule has 29 heavy (non-hydrogen) atoms. The Labute approximate surface area is 166 Å². The van der Waals surface area contributed by atoms with Crippen LogP contribution in [-0.2, 0) is 0 Å². The van der Waals surface area contributed by atoms with Crippen molar-refractivity contribution in [1.82, 2.24) is 15.3 Å². The van der Waals surface area contributed by atoms with Gasteiger partial charge in [0.1, 0.15) is 23.3 Å². The molecule has 1 fully saturated rings. The maximum absolute atomic E-state index is 12.6. The summed E-state index contributed by atoms with van der Waals surface area (Å²) >= 11 is 0. The summed E-state index contributed by atoms with van der Waals surface area (Å²) in [6.07, 6.45) is 5.60. The lowest BCUT2D eigenvalue weighted by Crippen LogP contribution is -2.41. The monoisotopic (exact) mass is 390 g/mol. The number of carbonyl (C=O) groups excluding carboxylic acids is 1. The molecule has 4 rings (SSSR count). The summed E-state index contributed by atoms with van der Waals surface area (Å²) in [5.74, 6) is -0.203. The van der Waals surface area contributed by atoms with E-state index in [4.69, 9.17) is 14.4 Å². The predicted molar refractivity (Wildman–Crippen MR) is 103 cm³/mol. The summed E-state index contributed by atoms with van der Waals surface area (Å²) < 4.78 is 11.0. The molecule has 0 radical (unpaired) electrons. The highest BCUT2D eigenvalue weighted by Gasteiger charge is 2.26. The van der Waals surface area contributed by atoms with E-state index in [0.717, 1.165) is 0 Å². The zero-order chi connectivity index (χ0) is 20.2. The van der Waals surface area contributed by atoms with Gasteiger partial charge < -0.3 is 14.5 Å². The Morgan fingerprint density at radius 1 is 1.17 bits per heavy atom. The maximum atomic E-state index is 12.6. The molecule has 1 aliphatic carbocycles. The van der Waals surface area contributed by atoms with Gasteiger partial charge in [0.2, 0.25) is 5.69 Å². The average Bonchev–Trinajstić information content (AvgIpc) is 2.75. The number of nitrogens with one attached hydrogen (secondary N) is 1. The molecule has 2 aromatic heterocycles. The molecule has 8 heteroatoms. The fraction of sp³-hybridized carbons (Fsp3) is 0.286. The van der Waals surface area contributed by atoms with Crippen molar-refractivity contribution in [1.29, 1.82) is 5.26 Å². The third-order valence-corrected chi connectivity index (χ3v) is 4.94. The number of ether oxygens (including phenoxy) is 1. The second-order valence-electron chi connectivity index (χ2n) is 6.87. The lowest BCUT2D eigenvalue weighted by molar-refractivity contribution is 0.0886. The van der Waals surface area contributed by atoms with Gasteiger partial charge in [-0.25, -0.2) is 14.8 Å². The Kier molecular flexibility index (Phi) is 5.20. The molecule has 0 bridgehead atoms. The Morgan fingerprint density at radius 3 is 2.72 bits per heavy atom. The lowest BCUT2D eigenvalue weighted by Gasteiger charge is -2.29. The number of carbonyl (C=O) groups is 1. The molecule has 1 amide bonds. The summed E-state index contributed by atoms with van der Waals surface area (Å²) in [4.78, 5) is 32.7. The van der Waals surface area contributed by atoms with E-state index >= 15 is 0 Å². The smallest absolute Gasteiger partial charge is 0.349 e. The molecule has 1 saturated carbocycles. The highest BCUT2D eigenvalue weighted by molar-refractivity contribution is 5.96.